The molecule has 6 heteroatoms. The third-order valence-corrected chi connectivity index (χ3v) is 3.76. The SMILES string of the molecule is CCC[C@H](c1ccc(Br)nc1)N1CCNCC1.Cl.Cl. The summed E-state index contributed by atoms with van der Waals surface area (Å²) in [7, 11) is 0. The van der Waals surface area contributed by atoms with Crippen LogP contribution in [0.15, 0.2) is 22.9 Å². The van der Waals surface area contributed by atoms with E-state index in [1.807, 2.05) is 12.3 Å². The van der Waals surface area contributed by atoms with Gasteiger partial charge < -0.3 is 5.32 Å². The van der Waals surface area contributed by atoms with Gasteiger partial charge in [0.25, 0.3) is 0 Å². The number of nitrogens with one attached hydrogen (secondary N) is 1. The number of hydrogen-bond donors (Lipinski definition) is 1. The second-order valence-electron chi connectivity index (χ2n) is 4.50. The monoisotopic (exact) mass is 369 g/mol. The minimum absolute atomic E-state index is 0. The van der Waals surface area contributed by atoms with E-state index in [0.29, 0.717) is 6.04 Å². The minimum atomic E-state index is 0. The van der Waals surface area contributed by atoms with Gasteiger partial charge in [0.2, 0.25) is 0 Å². The molecular formula is C13H22BrCl2N3. The van der Waals surface area contributed by atoms with Crippen molar-refractivity contribution >= 4 is 40.7 Å². The zero-order valence-electron chi connectivity index (χ0n) is 11.1. The van der Waals surface area contributed by atoms with Crippen LogP contribution in [-0.4, -0.2) is 36.1 Å². The fourth-order valence-electron chi connectivity index (χ4n) is 2.41. The maximum Gasteiger partial charge on any atom is 0.106 e. The molecule has 0 saturated carbocycles. The Hall–Kier alpha value is 0.130. The molecule has 0 aromatic carbocycles. The lowest BCUT2D eigenvalue weighted by Crippen LogP contribution is -2.45. The molecule has 0 unspecified atom stereocenters. The van der Waals surface area contributed by atoms with Crippen molar-refractivity contribution in [2.75, 3.05) is 26.2 Å². The van der Waals surface area contributed by atoms with Crippen molar-refractivity contribution in [2.45, 2.75) is 25.8 Å². The topological polar surface area (TPSA) is 28.2 Å². The van der Waals surface area contributed by atoms with Gasteiger partial charge in [-0.15, -0.1) is 24.8 Å². The Morgan fingerprint density at radius 2 is 2.00 bits per heavy atom. The fourth-order valence-corrected chi connectivity index (χ4v) is 2.65. The maximum absolute atomic E-state index is 4.35. The highest BCUT2D eigenvalue weighted by Gasteiger charge is 2.21. The highest BCUT2D eigenvalue weighted by Crippen LogP contribution is 2.26. The van der Waals surface area contributed by atoms with E-state index in [2.05, 4.69) is 44.1 Å². The van der Waals surface area contributed by atoms with Crippen LogP contribution in [-0.2, 0) is 0 Å². The van der Waals surface area contributed by atoms with E-state index < -0.39 is 0 Å². The summed E-state index contributed by atoms with van der Waals surface area (Å²) in [6, 6.07) is 4.77. The lowest BCUT2D eigenvalue weighted by Gasteiger charge is -2.35. The summed E-state index contributed by atoms with van der Waals surface area (Å²) in [6.45, 7) is 6.73. The first-order chi connectivity index (χ1) is 8.31. The summed E-state index contributed by atoms with van der Waals surface area (Å²) in [4.78, 5) is 6.93. The molecule has 1 aromatic heterocycles. The number of halogens is 3. The quantitative estimate of drug-likeness (QED) is 0.823. The van der Waals surface area contributed by atoms with Crippen molar-refractivity contribution in [3.63, 3.8) is 0 Å². The first-order valence-corrected chi connectivity index (χ1v) is 7.16. The molecule has 19 heavy (non-hydrogen) atoms. The second kappa shape index (κ2) is 9.94. The van der Waals surface area contributed by atoms with Crippen molar-refractivity contribution in [1.82, 2.24) is 15.2 Å². The lowest BCUT2D eigenvalue weighted by molar-refractivity contribution is 0.164. The third-order valence-electron chi connectivity index (χ3n) is 3.29. The van der Waals surface area contributed by atoms with Crippen LogP contribution in [0.25, 0.3) is 0 Å². The first kappa shape index (κ1) is 19.1. The van der Waals surface area contributed by atoms with Gasteiger partial charge in [0.05, 0.1) is 0 Å². The van der Waals surface area contributed by atoms with Gasteiger partial charge in [-0.2, -0.15) is 0 Å². The van der Waals surface area contributed by atoms with E-state index in [4.69, 9.17) is 0 Å². The van der Waals surface area contributed by atoms with Gasteiger partial charge in [0.15, 0.2) is 0 Å². The smallest absolute Gasteiger partial charge is 0.106 e. The molecule has 3 nitrogen and oxygen atoms in total. The van der Waals surface area contributed by atoms with Crippen molar-refractivity contribution in [1.29, 1.82) is 0 Å². The summed E-state index contributed by atoms with van der Waals surface area (Å²) in [5.41, 5.74) is 1.34. The average Bonchev–Trinajstić information content (AvgIpc) is 2.38. The van der Waals surface area contributed by atoms with Gasteiger partial charge in [-0.3, -0.25) is 4.90 Å². The predicted molar refractivity (Wildman–Crippen MR) is 88.5 cm³/mol. The number of aromatic nitrogens is 1. The van der Waals surface area contributed by atoms with Crippen molar-refractivity contribution < 1.29 is 0 Å². The molecule has 0 aliphatic carbocycles. The maximum atomic E-state index is 4.35. The summed E-state index contributed by atoms with van der Waals surface area (Å²) < 4.78 is 0.914. The number of piperazine rings is 1. The molecule has 2 heterocycles. The van der Waals surface area contributed by atoms with Crippen molar-refractivity contribution in [3.8, 4) is 0 Å². The molecule has 110 valence electrons. The molecule has 1 N–H and O–H groups in total. The van der Waals surface area contributed by atoms with Crippen LogP contribution in [0, 0.1) is 0 Å². The van der Waals surface area contributed by atoms with Crippen LogP contribution in [0.2, 0.25) is 0 Å². The van der Waals surface area contributed by atoms with E-state index >= 15 is 0 Å². The zero-order chi connectivity index (χ0) is 12.1. The highest BCUT2D eigenvalue weighted by molar-refractivity contribution is 9.10. The normalized spacial score (nSPS) is 17.2. The zero-order valence-corrected chi connectivity index (χ0v) is 14.4. The van der Waals surface area contributed by atoms with Gasteiger partial charge >= 0.3 is 0 Å². The second-order valence-corrected chi connectivity index (χ2v) is 5.32. The summed E-state index contributed by atoms with van der Waals surface area (Å²) >= 11 is 3.39. The highest BCUT2D eigenvalue weighted by atomic mass is 79.9. The van der Waals surface area contributed by atoms with Crippen LogP contribution in [0.5, 0.6) is 0 Å². The Kier molecular flexibility index (Phi) is 10.0. The molecule has 1 fully saturated rings. The van der Waals surface area contributed by atoms with E-state index in [0.717, 1.165) is 30.8 Å². The molecule has 1 saturated heterocycles. The Bertz CT molecular complexity index is 342. The van der Waals surface area contributed by atoms with Gasteiger partial charge in [-0.1, -0.05) is 19.4 Å². The van der Waals surface area contributed by atoms with Crippen LogP contribution in [0.1, 0.15) is 31.4 Å². The predicted octanol–water partition coefficient (Wildman–Crippen LogP) is 3.43. The van der Waals surface area contributed by atoms with Gasteiger partial charge in [-0.25, -0.2) is 4.98 Å². The third kappa shape index (κ3) is 5.56. The molecule has 0 amide bonds. The molecule has 0 bridgehead atoms. The standard InChI is InChI=1S/C13H20BrN3.2ClH/c1-2-3-12(17-8-6-15-7-9-17)11-4-5-13(14)16-10-11;;/h4-5,10,12,15H,2-3,6-9H2,1H3;2*1H/t12-;;/m1../s1. The lowest BCUT2D eigenvalue weighted by atomic mass is 10.0. The Morgan fingerprint density at radius 3 is 2.53 bits per heavy atom. The van der Waals surface area contributed by atoms with Gasteiger partial charge in [0.1, 0.15) is 4.60 Å². The number of hydrogen-bond acceptors (Lipinski definition) is 3. The molecule has 2 rings (SSSR count). The molecule has 1 aliphatic heterocycles. The van der Waals surface area contributed by atoms with Crippen LogP contribution in [0.3, 0.4) is 0 Å². The first-order valence-electron chi connectivity index (χ1n) is 6.37. The Labute approximate surface area is 136 Å². The van der Waals surface area contributed by atoms with E-state index in [1.54, 1.807) is 0 Å². The van der Waals surface area contributed by atoms with Crippen LogP contribution >= 0.6 is 40.7 Å². The van der Waals surface area contributed by atoms with Crippen LogP contribution < -0.4 is 5.32 Å². The molecule has 1 atom stereocenters. The largest absolute Gasteiger partial charge is 0.314 e. The molecular weight excluding hydrogens is 349 g/mol. The Balaban J connectivity index is 0.00000162. The van der Waals surface area contributed by atoms with Crippen molar-refractivity contribution in [3.05, 3.63) is 28.5 Å². The summed E-state index contributed by atoms with van der Waals surface area (Å²) in [5.74, 6) is 0. The van der Waals surface area contributed by atoms with Crippen molar-refractivity contribution in [2.24, 2.45) is 0 Å². The van der Waals surface area contributed by atoms with Gasteiger partial charge in [-0.05, 0) is 34.0 Å². The molecule has 0 spiro atoms. The molecule has 1 aliphatic rings. The van der Waals surface area contributed by atoms with Gasteiger partial charge in [0, 0.05) is 38.4 Å². The van der Waals surface area contributed by atoms with Crippen LogP contribution in [0.4, 0.5) is 0 Å². The number of pyridine rings is 1. The average molecular weight is 371 g/mol. The number of nitrogens with zero attached hydrogens (tertiary/aromatic N) is 2. The minimum Gasteiger partial charge on any atom is -0.314 e. The van der Waals surface area contributed by atoms with E-state index in [9.17, 15) is 0 Å². The molecule has 0 radical (unpaired) electrons. The molecule has 1 aromatic rings. The van der Waals surface area contributed by atoms with E-state index in [1.165, 1.54) is 18.4 Å². The summed E-state index contributed by atoms with van der Waals surface area (Å²) in [5, 5.41) is 3.41. The van der Waals surface area contributed by atoms with E-state index in [-0.39, 0.29) is 24.8 Å². The fraction of sp³-hybridized carbons (Fsp3) is 0.615. The summed E-state index contributed by atoms with van der Waals surface area (Å²) in [6.07, 6.45) is 4.43. The number of rotatable bonds is 4. The Morgan fingerprint density at radius 1 is 1.32 bits per heavy atom.